The highest BCUT2D eigenvalue weighted by molar-refractivity contribution is 5.88. The molecule has 0 radical (unpaired) electrons. The molecular weight excluding hydrogens is 220 g/mol. The van der Waals surface area contributed by atoms with Crippen LogP contribution in [-0.2, 0) is 11.2 Å². The monoisotopic (exact) mass is 234 g/mol. The van der Waals surface area contributed by atoms with Gasteiger partial charge in [0.2, 0.25) is 0 Å². The molecule has 0 amide bonds. The van der Waals surface area contributed by atoms with Crippen LogP contribution < -0.4 is 4.74 Å². The lowest BCUT2D eigenvalue weighted by molar-refractivity contribution is -0.137. The van der Waals surface area contributed by atoms with Gasteiger partial charge in [0.15, 0.2) is 0 Å². The van der Waals surface area contributed by atoms with Crippen LogP contribution in [0.2, 0.25) is 0 Å². The van der Waals surface area contributed by atoms with E-state index in [1.54, 1.807) is 7.11 Å². The van der Waals surface area contributed by atoms with Crippen molar-refractivity contribution in [2.24, 2.45) is 0 Å². The molecule has 0 saturated carbocycles. The lowest BCUT2D eigenvalue weighted by atomic mass is 10.1. The topological polar surface area (TPSA) is 59.7 Å². The Labute approximate surface area is 98.8 Å². The number of aliphatic carboxylic acids is 1. The van der Waals surface area contributed by atoms with Gasteiger partial charge in [0.05, 0.1) is 13.5 Å². The van der Waals surface area contributed by atoms with Crippen molar-refractivity contribution in [2.75, 3.05) is 7.11 Å². The normalized spacial score (nSPS) is 10.7. The number of hydrogen-bond acceptors (Lipinski definition) is 3. The van der Waals surface area contributed by atoms with Crippen molar-refractivity contribution in [2.45, 2.75) is 19.8 Å². The Morgan fingerprint density at radius 1 is 1.41 bits per heavy atom. The molecular formula is C13H14O4. The number of aryl methyl sites for hydroxylation is 2. The maximum Gasteiger partial charge on any atom is 0.303 e. The second-order valence-electron chi connectivity index (χ2n) is 3.89. The molecule has 17 heavy (non-hydrogen) atoms. The molecule has 4 nitrogen and oxygen atoms in total. The SMILES string of the molecule is COc1ccc2c(C)oc(CCC(=O)O)c2c1. The number of benzene rings is 1. The number of carboxylic acid groups (broad SMARTS) is 1. The Bertz CT molecular complexity index is 554. The second-order valence-corrected chi connectivity index (χ2v) is 3.89. The molecule has 0 saturated heterocycles. The van der Waals surface area contributed by atoms with Gasteiger partial charge in [-0.3, -0.25) is 4.79 Å². The van der Waals surface area contributed by atoms with Gasteiger partial charge in [0.25, 0.3) is 0 Å². The molecule has 1 heterocycles. The van der Waals surface area contributed by atoms with Crippen molar-refractivity contribution in [3.8, 4) is 5.75 Å². The second kappa shape index (κ2) is 4.49. The van der Waals surface area contributed by atoms with Crippen LogP contribution in [0.4, 0.5) is 0 Å². The number of carboxylic acids is 1. The summed E-state index contributed by atoms with van der Waals surface area (Å²) < 4.78 is 10.8. The Hall–Kier alpha value is -1.97. The molecule has 90 valence electrons. The molecule has 0 atom stereocenters. The average molecular weight is 234 g/mol. The van der Waals surface area contributed by atoms with Gasteiger partial charge in [-0.15, -0.1) is 0 Å². The largest absolute Gasteiger partial charge is 0.497 e. The first kappa shape index (κ1) is 11.5. The molecule has 2 rings (SSSR count). The molecule has 0 spiro atoms. The third-order valence-corrected chi connectivity index (χ3v) is 2.75. The molecule has 0 bridgehead atoms. The van der Waals surface area contributed by atoms with E-state index in [1.165, 1.54) is 0 Å². The minimum atomic E-state index is -0.824. The number of carbonyl (C=O) groups is 1. The molecule has 1 aromatic heterocycles. The van der Waals surface area contributed by atoms with Gasteiger partial charge in [0.1, 0.15) is 17.3 Å². The predicted molar refractivity (Wildman–Crippen MR) is 63.5 cm³/mol. The van der Waals surface area contributed by atoms with Gasteiger partial charge >= 0.3 is 5.97 Å². The molecule has 2 aromatic rings. The summed E-state index contributed by atoms with van der Waals surface area (Å²) in [4.78, 5) is 10.6. The van der Waals surface area contributed by atoms with Crippen LogP contribution in [0, 0.1) is 6.92 Å². The molecule has 0 aliphatic heterocycles. The van der Waals surface area contributed by atoms with Crippen LogP contribution >= 0.6 is 0 Å². The van der Waals surface area contributed by atoms with Crippen LogP contribution in [0.1, 0.15) is 17.9 Å². The number of hydrogen-bond donors (Lipinski definition) is 1. The minimum absolute atomic E-state index is 0.0687. The standard InChI is InChI=1S/C13H14O4/c1-8-10-4-3-9(16-2)7-11(10)12(17-8)5-6-13(14)15/h3-4,7H,5-6H2,1-2H3,(H,14,15). The lowest BCUT2D eigenvalue weighted by Crippen LogP contribution is -1.96. The van der Waals surface area contributed by atoms with Crippen LogP contribution in [0.5, 0.6) is 5.75 Å². The fourth-order valence-electron chi connectivity index (χ4n) is 1.89. The van der Waals surface area contributed by atoms with Crippen molar-refractivity contribution in [1.29, 1.82) is 0 Å². The quantitative estimate of drug-likeness (QED) is 0.883. The third-order valence-electron chi connectivity index (χ3n) is 2.75. The van der Waals surface area contributed by atoms with Crippen molar-refractivity contribution in [1.82, 2.24) is 0 Å². The number of ether oxygens (including phenoxy) is 1. The molecule has 0 unspecified atom stereocenters. The first-order valence-electron chi connectivity index (χ1n) is 5.39. The zero-order valence-corrected chi connectivity index (χ0v) is 9.82. The van der Waals surface area contributed by atoms with Crippen LogP contribution in [0.25, 0.3) is 10.8 Å². The van der Waals surface area contributed by atoms with E-state index in [0.29, 0.717) is 12.2 Å². The van der Waals surface area contributed by atoms with E-state index in [-0.39, 0.29) is 6.42 Å². The summed E-state index contributed by atoms with van der Waals surface area (Å²) in [6.45, 7) is 1.87. The fraction of sp³-hybridized carbons (Fsp3) is 0.308. The summed E-state index contributed by atoms with van der Waals surface area (Å²) in [7, 11) is 1.60. The van der Waals surface area contributed by atoms with Gasteiger partial charge < -0.3 is 14.3 Å². The van der Waals surface area contributed by atoms with E-state index < -0.39 is 5.97 Å². The summed E-state index contributed by atoms with van der Waals surface area (Å²) >= 11 is 0. The Morgan fingerprint density at radius 2 is 2.18 bits per heavy atom. The molecule has 1 aromatic carbocycles. The van der Waals surface area contributed by atoms with E-state index in [9.17, 15) is 4.79 Å². The van der Waals surface area contributed by atoms with E-state index in [1.807, 2.05) is 25.1 Å². The summed E-state index contributed by atoms with van der Waals surface area (Å²) in [5.41, 5.74) is 0. The Balaban J connectivity index is 2.43. The number of methoxy groups -OCH3 is 1. The smallest absolute Gasteiger partial charge is 0.303 e. The van der Waals surface area contributed by atoms with Crippen LogP contribution in [0.3, 0.4) is 0 Å². The van der Waals surface area contributed by atoms with E-state index >= 15 is 0 Å². The van der Waals surface area contributed by atoms with Crippen molar-refractivity contribution >= 4 is 16.7 Å². The van der Waals surface area contributed by atoms with E-state index in [0.717, 1.165) is 22.3 Å². The summed E-state index contributed by atoms with van der Waals surface area (Å²) in [5.74, 6) is 1.44. The zero-order chi connectivity index (χ0) is 12.4. The first-order valence-corrected chi connectivity index (χ1v) is 5.39. The summed E-state index contributed by atoms with van der Waals surface area (Å²) in [6.07, 6.45) is 0.464. The number of fused-ring (bicyclic) bond motifs is 1. The van der Waals surface area contributed by atoms with Crippen LogP contribution in [-0.4, -0.2) is 18.2 Å². The molecule has 4 heteroatoms. The highest BCUT2D eigenvalue weighted by atomic mass is 16.5. The predicted octanol–water partition coefficient (Wildman–Crippen LogP) is 2.77. The van der Waals surface area contributed by atoms with E-state index in [2.05, 4.69) is 0 Å². The number of furan rings is 1. The molecule has 0 fully saturated rings. The fourth-order valence-corrected chi connectivity index (χ4v) is 1.89. The minimum Gasteiger partial charge on any atom is -0.497 e. The Morgan fingerprint density at radius 3 is 2.82 bits per heavy atom. The average Bonchev–Trinajstić information content (AvgIpc) is 2.63. The van der Waals surface area contributed by atoms with Gasteiger partial charge in [-0.25, -0.2) is 0 Å². The van der Waals surface area contributed by atoms with Crippen LogP contribution in [0.15, 0.2) is 22.6 Å². The first-order chi connectivity index (χ1) is 8.11. The Kier molecular flexibility index (Phi) is 3.04. The summed E-state index contributed by atoms with van der Waals surface area (Å²) in [5, 5.41) is 10.6. The van der Waals surface area contributed by atoms with Gasteiger partial charge in [-0.2, -0.15) is 0 Å². The third kappa shape index (κ3) is 2.25. The lowest BCUT2D eigenvalue weighted by Gasteiger charge is -1.99. The number of rotatable bonds is 4. The maximum atomic E-state index is 10.6. The van der Waals surface area contributed by atoms with Crippen molar-refractivity contribution in [3.05, 3.63) is 29.7 Å². The summed E-state index contributed by atoms with van der Waals surface area (Å²) in [6, 6.07) is 5.67. The molecule has 1 N–H and O–H groups in total. The van der Waals surface area contributed by atoms with E-state index in [4.69, 9.17) is 14.3 Å². The molecule has 0 aliphatic rings. The highest BCUT2D eigenvalue weighted by Gasteiger charge is 2.12. The van der Waals surface area contributed by atoms with Crippen molar-refractivity contribution < 1.29 is 19.1 Å². The van der Waals surface area contributed by atoms with Gasteiger partial charge in [-0.05, 0) is 25.1 Å². The van der Waals surface area contributed by atoms with Crippen molar-refractivity contribution in [3.63, 3.8) is 0 Å². The van der Waals surface area contributed by atoms with Gasteiger partial charge in [0, 0.05) is 17.2 Å². The highest BCUT2D eigenvalue weighted by Crippen LogP contribution is 2.29. The zero-order valence-electron chi connectivity index (χ0n) is 9.82. The van der Waals surface area contributed by atoms with Gasteiger partial charge in [-0.1, -0.05) is 0 Å². The molecule has 0 aliphatic carbocycles. The maximum absolute atomic E-state index is 10.6.